The van der Waals surface area contributed by atoms with E-state index in [1.54, 1.807) is 18.3 Å². The number of hydrogen-bond acceptors (Lipinski definition) is 4. The molecule has 5 nitrogen and oxygen atoms in total. The maximum Gasteiger partial charge on any atom is 0.251 e. The molecule has 1 aromatic carbocycles. The molecule has 2 heterocycles. The molecule has 0 fully saturated rings. The van der Waals surface area contributed by atoms with E-state index in [1.165, 1.54) is 5.56 Å². The van der Waals surface area contributed by atoms with E-state index in [4.69, 9.17) is 5.11 Å². The average molecular weight is 297 g/mol. The van der Waals surface area contributed by atoms with Crippen LogP contribution in [-0.2, 0) is 6.42 Å². The standard InChI is InChI=1S/C17H19N3O2/c21-11-9-19-17(22)14-7-8-18-16(12-14)20-10-3-5-13-4-1-2-6-15(13)20/h1-2,4,6-8,12,21H,3,5,9-11H2,(H,19,22). The van der Waals surface area contributed by atoms with Crippen LogP contribution in [0.4, 0.5) is 11.5 Å². The van der Waals surface area contributed by atoms with Gasteiger partial charge in [0.05, 0.1) is 6.61 Å². The zero-order valence-electron chi connectivity index (χ0n) is 12.3. The molecule has 0 bridgehead atoms. The summed E-state index contributed by atoms with van der Waals surface area (Å²) in [6, 6.07) is 11.8. The largest absolute Gasteiger partial charge is 0.395 e. The summed E-state index contributed by atoms with van der Waals surface area (Å²) < 4.78 is 0. The van der Waals surface area contributed by atoms with Crippen LogP contribution >= 0.6 is 0 Å². The molecule has 1 aromatic heterocycles. The van der Waals surface area contributed by atoms with Crippen LogP contribution < -0.4 is 10.2 Å². The summed E-state index contributed by atoms with van der Waals surface area (Å²) in [5.74, 6) is 0.590. The van der Waals surface area contributed by atoms with Crippen LogP contribution in [0.15, 0.2) is 42.6 Å². The molecular weight excluding hydrogens is 278 g/mol. The van der Waals surface area contributed by atoms with Crippen LogP contribution in [0, 0.1) is 0 Å². The van der Waals surface area contributed by atoms with Gasteiger partial charge in [0, 0.05) is 30.5 Å². The van der Waals surface area contributed by atoms with Crippen LogP contribution in [0.3, 0.4) is 0 Å². The molecule has 5 heteroatoms. The van der Waals surface area contributed by atoms with E-state index in [1.807, 2.05) is 6.07 Å². The molecule has 22 heavy (non-hydrogen) atoms. The van der Waals surface area contributed by atoms with Gasteiger partial charge in [0.25, 0.3) is 5.91 Å². The van der Waals surface area contributed by atoms with E-state index < -0.39 is 0 Å². The van der Waals surface area contributed by atoms with Gasteiger partial charge in [0.15, 0.2) is 0 Å². The van der Waals surface area contributed by atoms with Gasteiger partial charge in [0.1, 0.15) is 5.82 Å². The Kier molecular flexibility index (Phi) is 4.34. The summed E-state index contributed by atoms with van der Waals surface area (Å²) in [5, 5.41) is 11.5. The van der Waals surface area contributed by atoms with Gasteiger partial charge in [-0.25, -0.2) is 4.98 Å². The van der Waals surface area contributed by atoms with Crippen LogP contribution in [0.1, 0.15) is 22.3 Å². The lowest BCUT2D eigenvalue weighted by atomic mass is 10.0. The Morgan fingerprint density at radius 3 is 3.05 bits per heavy atom. The predicted molar refractivity (Wildman–Crippen MR) is 85.4 cm³/mol. The normalized spacial score (nSPS) is 13.6. The molecule has 0 radical (unpaired) electrons. The molecule has 1 aliphatic heterocycles. The Morgan fingerprint density at radius 2 is 2.18 bits per heavy atom. The molecule has 0 atom stereocenters. The highest BCUT2D eigenvalue weighted by Gasteiger charge is 2.19. The quantitative estimate of drug-likeness (QED) is 0.904. The van der Waals surface area contributed by atoms with Gasteiger partial charge in [0.2, 0.25) is 0 Å². The van der Waals surface area contributed by atoms with Crippen LogP contribution in [0.25, 0.3) is 0 Å². The predicted octanol–water partition coefficient (Wildman–Crippen LogP) is 1.89. The van der Waals surface area contributed by atoms with Gasteiger partial charge in [-0.2, -0.15) is 0 Å². The van der Waals surface area contributed by atoms with E-state index in [-0.39, 0.29) is 19.1 Å². The lowest BCUT2D eigenvalue weighted by Gasteiger charge is -2.30. The molecule has 3 rings (SSSR count). The van der Waals surface area contributed by atoms with Gasteiger partial charge < -0.3 is 15.3 Å². The number of carbonyl (C=O) groups excluding carboxylic acids is 1. The van der Waals surface area contributed by atoms with Crippen LogP contribution in [0.5, 0.6) is 0 Å². The van der Waals surface area contributed by atoms with E-state index >= 15 is 0 Å². The van der Waals surface area contributed by atoms with E-state index in [2.05, 4.69) is 33.4 Å². The Morgan fingerprint density at radius 1 is 1.32 bits per heavy atom. The lowest BCUT2D eigenvalue weighted by Crippen LogP contribution is -2.28. The first-order chi connectivity index (χ1) is 10.8. The molecule has 2 N–H and O–H groups in total. The Labute approximate surface area is 129 Å². The summed E-state index contributed by atoms with van der Waals surface area (Å²) in [7, 11) is 0. The molecular formula is C17H19N3O2. The minimum atomic E-state index is -0.192. The highest BCUT2D eigenvalue weighted by Crippen LogP contribution is 2.32. The third-order valence-electron chi connectivity index (χ3n) is 3.79. The maximum absolute atomic E-state index is 12.0. The number of rotatable bonds is 4. The number of aliphatic hydroxyl groups excluding tert-OH is 1. The number of para-hydroxylation sites is 1. The van der Waals surface area contributed by atoms with Crippen molar-refractivity contribution in [2.45, 2.75) is 12.8 Å². The third kappa shape index (κ3) is 2.94. The maximum atomic E-state index is 12.0. The monoisotopic (exact) mass is 297 g/mol. The number of aromatic nitrogens is 1. The summed E-state index contributed by atoms with van der Waals surface area (Å²) >= 11 is 0. The number of amides is 1. The summed E-state index contributed by atoms with van der Waals surface area (Å²) in [5.41, 5.74) is 3.03. The van der Waals surface area contributed by atoms with Crippen molar-refractivity contribution >= 4 is 17.4 Å². The van der Waals surface area contributed by atoms with Crippen molar-refractivity contribution in [1.29, 1.82) is 0 Å². The minimum absolute atomic E-state index is 0.0663. The van der Waals surface area contributed by atoms with E-state index in [0.717, 1.165) is 30.9 Å². The molecule has 0 aliphatic carbocycles. The second kappa shape index (κ2) is 6.58. The summed E-state index contributed by atoms with van der Waals surface area (Å²) in [4.78, 5) is 18.6. The van der Waals surface area contributed by atoms with Gasteiger partial charge >= 0.3 is 0 Å². The molecule has 1 amide bonds. The zero-order chi connectivity index (χ0) is 15.4. The fraction of sp³-hybridized carbons (Fsp3) is 0.294. The molecule has 2 aromatic rings. The molecule has 114 valence electrons. The van der Waals surface area contributed by atoms with E-state index in [0.29, 0.717) is 5.56 Å². The molecule has 0 saturated carbocycles. The smallest absolute Gasteiger partial charge is 0.251 e. The topological polar surface area (TPSA) is 65.5 Å². The number of hydrogen-bond donors (Lipinski definition) is 2. The number of carbonyl (C=O) groups is 1. The van der Waals surface area contributed by atoms with Gasteiger partial charge in [-0.3, -0.25) is 4.79 Å². The van der Waals surface area contributed by atoms with Gasteiger partial charge in [-0.15, -0.1) is 0 Å². The van der Waals surface area contributed by atoms with Gasteiger partial charge in [-0.05, 0) is 36.6 Å². The SMILES string of the molecule is O=C(NCCO)c1ccnc(N2CCCc3ccccc32)c1. The molecule has 0 unspecified atom stereocenters. The first kappa shape index (κ1) is 14.5. The number of benzene rings is 1. The summed E-state index contributed by atoms with van der Waals surface area (Å²) in [6.07, 6.45) is 3.80. The van der Waals surface area contributed by atoms with Crippen molar-refractivity contribution in [3.63, 3.8) is 0 Å². The van der Waals surface area contributed by atoms with Crippen molar-refractivity contribution in [3.05, 3.63) is 53.7 Å². The number of nitrogens with zero attached hydrogens (tertiary/aromatic N) is 2. The number of aliphatic hydroxyl groups is 1. The van der Waals surface area contributed by atoms with E-state index in [9.17, 15) is 4.79 Å². The first-order valence-corrected chi connectivity index (χ1v) is 7.50. The second-order valence-electron chi connectivity index (χ2n) is 5.27. The molecule has 1 aliphatic rings. The van der Waals surface area contributed by atoms with Crippen molar-refractivity contribution < 1.29 is 9.90 Å². The zero-order valence-corrected chi connectivity index (χ0v) is 12.3. The lowest BCUT2D eigenvalue weighted by molar-refractivity contribution is 0.0944. The van der Waals surface area contributed by atoms with Crippen molar-refractivity contribution in [2.24, 2.45) is 0 Å². The van der Waals surface area contributed by atoms with Crippen LogP contribution in [0.2, 0.25) is 0 Å². The second-order valence-corrected chi connectivity index (χ2v) is 5.27. The highest BCUT2D eigenvalue weighted by molar-refractivity contribution is 5.95. The van der Waals surface area contributed by atoms with Crippen LogP contribution in [-0.4, -0.2) is 35.7 Å². The Bertz CT molecular complexity index is 672. The highest BCUT2D eigenvalue weighted by atomic mass is 16.3. The summed E-state index contributed by atoms with van der Waals surface area (Å²) in [6.45, 7) is 1.08. The fourth-order valence-electron chi connectivity index (χ4n) is 2.75. The third-order valence-corrected chi connectivity index (χ3v) is 3.79. The number of aryl methyl sites for hydroxylation is 1. The Balaban J connectivity index is 1.89. The van der Waals surface area contributed by atoms with Crippen molar-refractivity contribution in [1.82, 2.24) is 10.3 Å². The van der Waals surface area contributed by atoms with Gasteiger partial charge in [-0.1, -0.05) is 18.2 Å². The minimum Gasteiger partial charge on any atom is -0.395 e. The number of pyridine rings is 1. The van der Waals surface area contributed by atoms with Crippen molar-refractivity contribution in [3.8, 4) is 0 Å². The number of nitrogens with one attached hydrogen (secondary N) is 1. The molecule has 0 saturated heterocycles. The number of fused-ring (bicyclic) bond motifs is 1. The Hall–Kier alpha value is -2.40. The first-order valence-electron chi connectivity index (χ1n) is 7.50. The fourth-order valence-corrected chi connectivity index (χ4v) is 2.75. The van der Waals surface area contributed by atoms with Crippen molar-refractivity contribution in [2.75, 3.05) is 24.6 Å². The number of anilines is 2. The molecule has 0 spiro atoms. The average Bonchev–Trinajstić information content (AvgIpc) is 2.59.